The quantitative estimate of drug-likeness (QED) is 0.848. The molecule has 0 amide bonds. The lowest BCUT2D eigenvalue weighted by molar-refractivity contribution is 0.448. The van der Waals surface area contributed by atoms with Crippen molar-refractivity contribution in [1.29, 1.82) is 0 Å². The molecule has 3 atom stereocenters. The van der Waals surface area contributed by atoms with E-state index in [9.17, 15) is 4.39 Å². The highest BCUT2D eigenvalue weighted by Gasteiger charge is 2.22. The van der Waals surface area contributed by atoms with Crippen LogP contribution in [0.25, 0.3) is 0 Å². The third kappa shape index (κ3) is 3.20. The van der Waals surface area contributed by atoms with Gasteiger partial charge in [-0.25, -0.2) is 4.39 Å². The van der Waals surface area contributed by atoms with Gasteiger partial charge in [0, 0.05) is 12.1 Å². The summed E-state index contributed by atoms with van der Waals surface area (Å²) in [6.45, 7) is 4.36. The van der Waals surface area contributed by atoms with Crippen molar-refractivity contribution in [2.24, 2.45) is 5.92 Å². The Labute approximate surface area is 107 Å². The van der Waals surface area contributed by atoms with Gasteiger partial charge in [-0.2, -0.15) is 0 Å². The number of nitrogens with one attached hydrogen (secondary N) is 1. The molecule has 17 heavy (non-hydrogen) atoms. The summed E-state index contributed by atoms with van der Waals surface area (Å²) in [7, 11) is 0. The third-order valence-corrected chi connectivity index (χ3v) is 3.93. The van der Waals surface area contributed by atoms with Gasteiger partial charge in [0.05, 0.1) is 5.02 Å². The Morgan fingerprint density at radius 1 is 1.41 bits per heavy atom. The van der Waals surface area contributed by atoms with E-state index in [4.69, 9.17) is 11.6 Å². The van der Waals surface area contributed by atoms with Crippen molar-refractivity contribution in [3.05, 3.63) is 34.6 Å². The molecule has 3 heteroatoms. The van der Waals surface area contributed by atoms with Crippen molar-refractivity contribution in [1.82, 2.24) is 5.32 Å². The van der Waals surface area contributed by atoms with Gasteiger partial charge >= 0.3 is 0 Å². The van der Waals surface area contributed by atoms with Gasteiger partial charge in [0.1, 0.15) is 5.82 Å². The van der Waals surface area contributed by atoms with Crippen molar-refractivity contribution < 1.29 is 4.39 Å². The molecule has 0 saturated heterocycles. The van der Waals surface area contributed by atoms with E-state index in [1.165, 1.54) is 25.3 Å². The average Bonchev–Trinajstić information content (AvgIpc) is 2.68. The monoisotopic (exact) mass is 255 g/mol. The Morgan fingerprint density at radius 2 is 2.18 bits per heavy atom. The van der Waals surface area contributed by atoms with Crippen LogP contribution in [0.1, 0.15) is 44.7 Å². The fourth-order valence-electron chi connectivity index (χ4n) is 2.59. The van der Waals surface area contributed by atoms with Crippen molar-refractivity contribution in [2.75, 3.05) is 0 Å². The van der Waals surface area contributed by atoms with Crippen LogP contribution in [-0.4, -0.2) is 6.04 Å². The lowest BCUT2D eigenvalue weighted by atomic mass is 10.1. The van der Waals surface area contributed by atoms with E-state index < -0.39 is 0 Å². The predicted molar refractivity (Wildman–Crippen MR) is 69.8 cm³/mol. The van der Waals surface area contributed by atoms with Crippen LogP contribution in [0, 0.1) is 11.7 Å². The minimum absolute atomic E-state index is 0.178. The van der Waals surface area contributed by atoms with Crippen LogP contribution in [0.3, 0.4) is 0 Å². The molecule has 1 N–H and O–H groups in total. The summed E-state index contributed by atoms with van der Waals surface area (Å²) in [5, 5.41) is 3.75. The summed E-state index contributed by atoms with van der Waals surface area (Å²) in [5.41, 5.74) is 0.964. The van der Waals surface area contributed by atoms with Crippen molar-refractivity contribution >= 4 is 11.6 Å². The van der Waals surface area contributed by atoms with Gasteiger partial charge in [-0.15, -0.1) is 0 Å². The summed E-state index contributed by atoms with van der Waals surface area (Å²) < 4.78 is 13.4. The molecule has 2 rings (SSSR count). The highest BCUT2D eigenvalue weighted by atomic mass is 35.5. The van der Waals surface area contributed by atoms with Gasteiger partial charge in [-0.1, -0.05) is 24.6 Å². The maximum Gasteiger partial charge on any atom is 0.142 e. The van der Waals surface area contributed by atoms with Crippen LogP contribution < -0.4 is 5.32 Å². The van der Waals surface area contributed by atoms with E-state index >= 15 is 0 Å². The molecule has 0 aromatic heterocycles. The van der Waals surface area contributed by atoms with Crippen LogP contribution in [0.4, 0.5) is 4.39 Å². The van der Waals surface area contributed by atoms with Crippen LogP contribution in [0.5, 0.6) is 0 Å². The molecule has 94 valence electrons. The first-order chi connectivity index (χ1) is 8.06. The first-order valence-corrected chi connectivity index (χ1v) is 6.65. The van der Waals surface area contributed by atoms with Crippen molar-refractivity contribution in [3.8, 4) is 0 Å². The number of hydrogen-bond donors (Lipinski definition) is 1. The Balaban J connectivity index is 1.99. The molecule has 1 aromatic carbocycles. The standard InChI is InChI=1S/C14H19ClFN/c1-9-3-5-12(7-9)17-10(2)11-4-6-13(15)14(16)8-11/h4,6,8-10,12,17H,3,5,7H2,1-2H3. The highest BCUT2D eigenvalue weighted by molar-refractivity contribution is 6.30. The Morgan fingerprint density at radius 3 is 2.76 bits per heavy atom. The Hall–Kier alpha value is -0.600. The minimum atomic E-state index is -0.336. The molecule has 0 radical (unpaired) electrons. The van der Waals surface area contributed by atoms with E-state index in [0.29, 0.717) is 6.04 Å². The van der Waals surface area contributed by atoms with Crippen molar-refractivity contribution in [3.63, 3.8) is 0 Å². The molecule has 1 saturated carbocycles. The van der Waals surface area contributed by atoms with Gasteiger partial charge in [0.25, 0.3) is 0 Å². The summed E-state index contributed by atoms with van der Waals surface area (Å²) in [6, 6.07) is 5.79. The first-order valence-electron chi connectivity index (χ1n) is 6.27. The van der Waals surface area contributed by atoms with Crippen LogP contribution >= 0.6 is 11.6 Å². The number of hydrogen-bond acceptors (Lipinski definition) is 1. The summed E-state index contributed by atoms with van der Waals surface area (Å²) in [4.78, 5) is 0. The zero-order valence-electron chi connectivity index (χ0n) is 10.3. The zero-order chi connectivity index (χ0) is 12.4. The van der Waals surface area contributed by atoms with Gasteiger partial charge < -0.3 is 5.32 Å². The Kier molecular flexibility index (Phi) is 4.05. The van der Waals surface area contributed by atoms with E-state index in [1.54, 1.807) is 6.07 Å². The smallest absolute Gasteiger partial charge is 0.142 e. The molecule has 0 bridgehead atoms. The molecule has 1 aliphatic carbocycles. The molecular weight excluding hydrogens is 237 g/mol. The third-order valence-electron chi connectivity index (χ3n) is 3.62. The fourth-order valence-corrected chi connectivity index (χ4v) is 2.71. The second kappa shape index (κ2) is 5.36. The van der Waals surface area contributed by atoms with E-state index in [2.05, 4.69) is 19.2 Å². The van der Waals surface area contributed by atoms with Gasteiger partial charge in [0.15, 0.2) is 0 Å². The molecule has 0 aliphatic heterocycles. The molecule has 1 aliphatic rings. The maximum absolute atomic E-state index is 13.4. The molecule has 0 heterocycles. The number of benzene rings is 1. The lowest BCUT2D eigenvalue weighted by Gasteiger charge is -2.20. The summed E-state index contributed by atoms with van der Waals surface area (Å²) >= 11 is 5.68. The summed E-state index contributed by atoms with van der Waals surface area (Å²) in [6.07, 6.45) is 3.74. The fraction of sp³-hybridized carbons (Fsp3) is 0.571. The highest BCUT2D eigenvalue weighted by Crippen LogP contribution is 2.27. The maximum atomic E-state index is 13.4. The summed E-state index contributed by atoms with van der Waals surface area (Å²) in [5.74, 6) is 0.472. The first kappa shape index (κ1) is 12.8. The number of halogens is 2. The molecule has 1 fully saturated rings. The number of rotatable bonds is 3. The molecule has 0 spiro atoms. The van der Waals surface area contributed by atoms with E-state index in [-0.39, 0.29) is 16.9 Å². The largest absolute Gasteiger partial charge is 0.307 e. The second-order valence-corrected chi connectivity index (χ2v) is 5.58. The topological polar surface area (TPSA) is 12.0 Å². The molecule has 1 aromatic rings. The van der Waals surface area contributed by atoms with Crippen LogP contribution in [0.15, 0.2) is 18.2 Å². The van der Waals surface area contributed by atoms with Crippen LogP contribution in [0.2, 0.25) is 5.02 Å². The Bertz CT molecular complexity index is 394. The van der Waals surface area contributed by atoms with Gasteiger partial charge in [-0.05, 0) is 49.8 Å². The van der Waals surface area contributed by atoms with E-state index in [1.807, 2.05) is 6.07 Å². The molecule has 1 nitrogen and oxygen atoms in total. The SMILES string of the molecule is CC1CCC(NC(C)c2ccc(Cl)c(F)c2)C1. The lowest BCUT2D eigenvalue weighted by Crippen LogP contribution is -2.29. The zero-order valence-corrected chi connectivity index (χ0v) is 11.1. The van der Waals surface area contributed by atoms with Crippen LogP contribution in [-0.2, 0) is 0 Å². The minimum Gasteiger partial charge on any atom is -0.307 e. The van der Waals surface area contributed by atoms with Gasteiger partial charge in [0.2, 0.25) is 0 Å². The molecular formula is C14H19ClFN. The normalized spacial score (nSPS) is 26.1. The second-order valence-electron chi connectivity index (χ2n) is 5.18. The predicted octanol–water partition coefficient (Wildman–Crippen LogP) is 4.32. The molecule has 3 unspecified atom stereocenters. The average molecular weight is 256 g/mol. The van der Waals surface area contributed by atoms with E-state index in [0.717, 1.165) is 11.5 Å². The van der Waals surface area contributed by atoms with Crippen molar-refractivity contribution in [2.45, 2.75) is 45.2 Å². The van der Waals surface area contributed by atoms with Gasteiger partial charge in [-0.3, -0.25) is 0 Å².